The number of nitrogens with two attached hydrogens (primary N) is 1. The molecule has 5 N–H and O–H groups in total. The third-order valence-electron chi connectivity index (χ3n) is 2.45. The van der Waals surface area contributed by atoms with Crippen LogP contribution in [0.1, 0.15) is 18.9 Å². The average Bonchev–Trinajstić information content (AvgIpc) is 2.31. The SMILES string of the molecule is CC(CO)(CO)Nc1ccc(N)cc1C(F)F. The van der Waals surface area contributed by atoms with Crippen LogP contribution in [0.15, 0.2) is 18.2 Å². The van der Waals surface area contributed by atoms with Gasteiger partial charge in [0.05, 0.1) is 18.8 Å². The lowest BCUT2D eigenvalue weighted by Gasteiger charge is -2.28. The van der Waals surface area contributed by atoms with Crippen molar-refractivity contribution in [3.05, 3.63) is 23.8 Å². The molecule has 4 nitrogen and oxygen atoms in total. The lowest BCUT2D eigenvalue weighted by molar-refractivity contribution is 0.143. The molecule has 0 fully saturated rings. The monoisotopic (exact) mass is 246 g/mol. The molecule has 96 valence electrons. The number of aliphatic hydroxyl groups is 2. The number of aliphatic hydroxyl groups excluding tert-OH is 2. The molecule has 1 rings (SSSR count). The fourth-order valence-electron chi connectivity index (χ4n) is 1.33. The summed E-state index contributed by atoms with van der Waals surface area (Å²) in [5, 5.41) is 20.9. The average molecular weight is 246 g/mol. The van der Waals surface area contributed by atoms with E-state index in [1.54, 1.807) is 0 Å². The van der Waals surface area contributed by atoms with Gasteiger partial charge in [-0.3, -0.25) is 0 Å². The fraction of sp³-hybridized carbons (Fsp3) is 0.455. The molecule has 0 saturated heterocycles. The van der Waals surface area contributed by atoms with Gasteiger partial charge in [-0.2, -0.15) is 0 Å². The molecular formula is C11H16F2N2O2. The molecule has 0 aromatic heterocycles. The highest BCUT2D eigenvalue weighted by Gasteiger charge is 2.24. The minimum absolute atomic E-state index is 0.153. The second-order valence-corrected chi connectivity index (χ2v) is 4.15. The van der Waals surface area contributed by atoms with Crippen molar-refractivity contribution in [2.24, 2.45) is 0 Å². The molecule has 0 saturated carbocycles. The minimum atomic E-state index is -2.68. The molecule has 0 spiro atoms. The zero-order chi connectivity index (χ0) is 13.1. The summed E-state index contributed by atoms with van der Waals surface area (Å²) in [6, 6.07) is 4.05. The van der Waals surface area contributed by atoms with E-state index in [1.165, 1.54) is 25.1 Å². The highest BCUT2D eigenvalue weighted by Crippen LogP contribution is 2.30. The Balaban J connectivity index is 3.05. The van der Waals surface area contributed by atoms with Crippen molar-refractivity contribution in [1.29, 1.82) is 0 Å². The van der Waals surface area contributed by atoms with Crippen molar-refractivity contribution in [2.45, 2.75) is 18.9 Å². The van der Waals surface area contributed by atoms with Gasteiger partial charge in [-0.1, -0.05) is 0 Å². The third-order valence-corrected chi connectivity index (χ3v) is 2.45. The summed E-state index contributed by atoms with van der Waals surface area (Å²) in [4.78, 5) is 0. The van der Waals surface area contributed by atoms with Crippen molar-refractivity contribution in [3.8, 4) is 0 Å². The predicted molar refractivity (Wildman–Crippen MR) is 62.0 cm³/mol. The van der Waals surface area contributed by atoms with E-state index in [4.69, 9.17) is 15.9 Å². The first kappa shape index (κ1) is 13.7. The third kappa shape index (κ3) is 3.28. The van der Waals surface area contributed by atoms with Crippen molar-refractivity contribution >= 4 is 11.4 Å². The summed E-state index contributed by atoms with van der Waals surface area (Å²) < 4.78 is 25.5. The maximum atomic E-state index is 12.8. The number of halogens is 2. The summed E-state index contributed by atoms with van der Waals surface area (Å²) in [6.07, 6.45) is -2.68. The van der Waals surface area contributed by atoms with Crippen LogP contribution >= 0.6 is 0 Å². The molecular weight excluding hydrogens is 230 g/mol. The molecule has 0 aliphatic heterocycles. The molecule has 1 aromatic rings. The van der Waals surface area contributed by atoms with Gasteiger partial charge >= 0.3 is 0 Å². The molecule has 0 heterocycles. The molecule has 0 unspecified atom stereocenters. The van der Waals surface area contributed by atoms with E-state index in [1.807, 2.05) is 0 Å². The molecule has 6 heteroatoms. The summed E-state index contributed by atoms with van der Waals surface area (Å²) in [5.41, 5.74) is 4.52. The highest BCUT2D eigenvalue weighted by molar-refractivity contribution is 5.59. The van der Waals surface area contributed by atoms with E-state index in [2.05, 4.69) is 5.32 Å². The molecule has 0 atom stereocenters. The topological polar surface area (TPSA) is 78.5 Å². The van der Waals surface area contributed by atoms with Crippen LogP contribution in [0.2, 0.25) is 0 Å². The van der Waals surface area contributed by atoms with Crippen LogP contribution in [0.4, 0.5) is 20.2 Å². The van der Waals surface area contributed by atoms with E-state index in [0.29, 0.717) is 0 Å². The summed E-state index contributed by atoms with van der Waals surface area (Å²) in [6.45, 7) is 0.770. The maximum Gasteiger partial charge on any atom is 0.265 e. The number of nitrogens with one attached hydrogen (secondary N) is 1. The van der Waals surface area contributed by atoms with Gasteiger partial charge in [0.25, 0.3) is 6.43 Å². The van der Waals surface area contributed by atoms with Gasteiger partial charge in [-0.25, -0.2) is 8.78 Å². The summed E-state index contributed by atoms with van der Waals surface area (Å²) in [7, 11) is 0. The smallest absolute Gasteiger partial charge is 0.265 e. The number of alkyl halides is 2. The van der Waals surface area contributed by atoms with Gasteiger partial charge in [-0.05, 0) is 25.1 Å². The molecule has 0 radical (unpaired) electrons. The Morgan fingerprint density at radius 3 is 2.41 bits per heavy atom. The summed E-state index contributed by atoms with van der Waals surface area (Å²) in [5.74, 6) is 0. The number of rotatable bonds is 5. The highest BCUT2D eigenvalue weighted by atomic mass is 19.3. The number of hydrogen-bond acceptors (Lipinski definition) is 4. The van der Waals surface area contributed by atoms with Gasteiger partial charge in [0.2, 0.25) is 0 Å². The van der Waals surface area contributed by atoms with E-state index < -0.39 is 12.0 Å². The van der Waals surface area contributed by atoms with Crippen LogP contribution in [0.25, 0.3) is 0 Å². The lowest BCUT2D eigenvalue weighted by atomic mass is 10.0. The Labute approximate surface area is 98.1 Å². The zero-order valence-electron chi connectivity index (χ0n) is 9.45. The second kappa shape index (κ2) is 5.29. The fourth-order valence-corrected chi connectivity index (χ4v) is 1.33. The van der Waals surface area contributed by atoms with Crippen molar-refractivity contribution in [2.75, 3.05) is 24.3 Å². The Kier molecular flexibility index (Phi) is 4.25. The van der Waals surface area contributed by atoms with Crippen molar-refractivity contribution in [3.63, 3.8) is 0 Å². The normalized spacial score (nSPS) is 11.9. The Bertz CT molecular complexity index is 382. The van der Waals surface area contributed by atoms with Gasteiger partial charge < -0.3 is 21.3 Å². The number of hydrogen-bond donors (Lipinski definition) is 4. The van der Waals surface area contributed by atoms with Crippen LogP contribution in [-0.4, -0.2) is 29.0 Å². The molecule has 0 amide bonds. The van der Waals surface area contributed by atoms with E-state index in [9.17, 15) is 8.78 Å². The Hall–Kier alpha value is -1.40. The van der Waals surface area contributed by atoms with Crippen LogP contribution < -0.4 is 11.1 Å². The quantitative estimate of drug-likeness (QED) is 0.591. The predicted octanol–water partition coefficient (Wildman–Crippen LogP) is 1.36. The van der Waals surface area contributed by atoms with Gasteiger partial charge in [-0.15, -0.1) is 0 Å². The number of benzene rings is 1. The van der Waals surface area contributed by atoms with Crippen LogP contribution in [-0.2, 0) is 0 Å². The summed E-state index contributed by atoms with van der Waals surface area (Å²) >= 11 is 0. The first-order valence-corrected chi connectivity index (χ1v) is 5.09. The Morgan fingerprint density at radius 1 is 1.35 bits per heavy atom. The van der Waals surface area contributed by atoms with E-state index >= 15 is 0 Å². The minimum Gasteiger partial charge on any atom is -0.399 e. The first-order valence-electron chi connectivity index (χ1n) is 5.09. The number of nitrogen functional groups attached to an aromatic ring is 1. The lowest BCUT2D eigenvalue weighted by Crippen LogP contribution is -2.42. The van der Waals surface area contributed by atoms with Gasteiger partial charge in [0.1, 0.15) is 0 Å². The van der Waals surface area contributed by atoms with Gasteiger partial charge in [0.15, 0.2) is 0 Å². The van der Waals surface area contributed by atoms with Crippen molar-refractivity contribution in [1.82, 2.24) is 0 Å². The molecule has 17 heavy (non-hydrogen) atoms. The standard InChI is InChI=1S/C11H16F2N2O2/c1-11(5-16,6-17)15-9-3-2-7(14)4-8(9)10(12)13/h2-4,10,15-17H,5-6,14H2,1H3. The first-order chi connectivity index (χ1) is 7.91. The largest absolute Gasteiger partial charge is 0.399 e. The number of anilines is 2. The van der Waals surface area contributed by atoms with E-state index in [-0.39, 0.29) is 30.2 Å². The van der Waals surface area contributed by atoms with Gasteiger partial charge in [0, 0.05) is 16.9 Å². The molecule has 1 aromatic carbocycles. The molecule has 0 bridgehead atoms. The van der Waals surface area contributed by atoms with Crippen LogP contribution in [0.3, 0.4) is 0 Å². The van der Waals surface area contributed by atoms with Crippen LogP contribution in [0, 0.1) is 0 Å². The zero-order valence-corrected chi connectivity index (χ0v) is 9.45. The molecule has 0 aliphatic carbocycles. The second-order valence-electron chi connectivity index (χ2n) is 4.15. The van der Waals surface area contributed by atoms with Crippen molar-refractivity contribution < 1.29 is 19.0 Å². The maximum absolute atomic E-state index is 12.8. The Morgan fingerprint density at radius 2 is 1.94 bits per heavy atom. The van der Waals surface area contributed by atoms with E-state index in [0.717, 1.165) is 0 Å². The molecule has 0 aliphatic rings. The van der Waals surface area contributed by atoms with Crippen LogP contribution in [0.5, 0.6) is 0 Å².